The first kappa shape index (κ1) is 14.1. The highest BCUT2D eigenvalue weighted by molar-refractivity contribution is 5.60. The minimum atomic E-state index is -0.428. The zero-order valence-corrected chi connectivity index (χ0v) is 13.2. The molecule has 1 aromatic carbocycles. The number of hydrogen-bond acceptors (Lipinski definition) is 3. The van der Waals surface area contributed by atoms with Crippen molar-refractivity contribution < 1.29 is 19.1 Å². The molecule has 118 valence electrons. The molecule has 4 nitrogen and oxygen atoms in total. The molecule has 1 aromatic rings. The van der Waals surface area contributed by atoms with E-state index in [9.17, 15) is 5.11 Å². The molecule has 22 heavy (non-hydrogen) atoms. The molecule has 0 saturated heterocycles. The molecule has 1 spiro atoms. The summed E-state index contributed by atoms with van der Waals surface area (Å²) in [5.74, 6) is 1.65. The minimum Gasteiger partial charge on any atom is -0.493 e. The van der Waals surface area contributed by atoms with Crippen LogP contribution >= 0.6 is 0 Å². The predicted molar refractivity (Wildman–Crippen MR) is 83.6 cm³/mol. The number of rotatable bonds is 1. The van der Waals surface area contributed by atoms with Gasteiger partial charge in [-0.1, -0.05) is 12.2 Å². The number of nitrogens with zero attached hydrogens (tertiary/aromatic N) is 1. The van der Waals surface area contributed by atoms with Crippen LogP contribution in [-0.2, 0) is 12.0 Å². The number of hydrogen-bond donors (Lipinski definition) is 1. The molecule has 1 aliphatic carbocycles. The van der Waals surface area contributed by atoms with E-state index < -0.39 is 6.10 Å². The minimum absolute atomic E-state index is 0.0179. The van der Waals surface area contributed by atoms with Crippen LogP contribution in [0.5, 0.6) is 11.5 Å². The van der Waals surface area contributed by atoms with Gasteiger partial charge in [-0.2, -0.15) is 0 Å². The number of aliphatic hydroxyl groups is 1. The van der Waals surface area contributed by atoms with E-state index in [-0.39, 0.29) is 11.5 Å². The maximum absolute atomic E-state index is 10.0. The second kappa shape index (κ2) is 4.49. The number of ether oxygens (including phenoxy) is 2. The Morgan fingerprint density at radius 2 is 2.27 bits per heavy atom. The Morgan fingerprint density at radius 1 is 1.45 bits per heavy atom. The van der Waals surface area contributed by atoms with Gasteiger partial charge in [-0.25, -0.2) is 0 Å². The van der Waals surface area contributed by atoms with Gasteiger partial charge in [0.15, 0.2) is 11.5 Å². The summed E-state index contributed by atoms with van der Waals surface area (Å²) in [6.45, 7) is 1.87. The summed E-state index contributed by atoms with van der Waals surface area (Å²) < 4.78 is 12.5. The number of quaternary nitrogens is 1. The van der Waals surface area contributed by atoms with E-state index in [1.165, 1.54) is 11.1 Å². The number of methoxy groups -OCH3 is 1. The third kappa shape index (κ3) is 1.83. The van der Waals surface area contributed by atoms with E-state index in [4.69, 9.17) is 9.47 Å². The van der Waals surface area contributed by atoms with Gasteiger partial charge in [-0.15, -0.1) is 7.05 Å². The van der Waals surface area contributed by atoms with Gasteiger partial charge in [0.05, 0.1) is 31.7 Å². The Bertz CT molecular complexity index is 652. The van der Waals surface area contributed by atoms with Crippen LogP contribution in [0.15, 0.2) is 24.3 Å². The molecule has 4 rings (SSSR count). The second-order valence-electron chi connectivity index (χ2n) is 7.19. The second-order valence-corrected chi connectivity index (χ2v) is 7.19. The van der Waals surface area contributed by atoms with Gasteiger partial charge in [0.2, 0.25) is 0 Å². The lowest BCUT2D eigenvalue weighted by Gasteiger charge is -2.39. The van der Waals surface area contributed by atoms with Crippen molar-refractivity contribution in [2.75, 3.05) is 20.7 Å². The van der Waals surface area contributed by atoms with E-state index in [0.717, 1.165) is 35.5 Å². The fraction of sp³-hybridized carbons (Fsp3) is 0.500. The Labute approximate surface area is 131 Å². The molecule has 2 heterocycles. The van der Waals surface area contributed by atoms with E-state index in [0.29, 0.717) is 6.42 Å². The summed E-state index contributed by atoms with van der Waals surface area (Å²) >= 11 is 0. The average molecular weight is 301 g/mol. The number of aliphatic hydroxyl groups excluding tert-OH is 1. The SMILES string of the molecule is [CH2-][N+]1(C)CC[C@@]23C=C[C@H](O)C[C@@H]2Oc2c(OC)ccc(c23)C1. The van der Waals surface area contributed by atoms with Crippen molar-refractivity contribution in [3.63, 3.8) is 0 Å². The fourth-order valence-electron chi connectivity index (χ4n) is 4.28. The van der Waals surface area contributed by atoms with Crippen molar-refractivity contribution in [1.82, 2.24) is 0 Å². The van der Waals surface area contributed by atoms with E-state index in [1.807, 2.05) is 12.1 Å². The van der Waals surface area contributed by atoms with Crippen molar-refractivity contribution in [2.24, 2.45) is 0 Å². The maximum atomic E-state index is 10.0. The number of benzene rings is 1. The van der Waals surface area contributed by atoms with Crippen LogP contribution in [0.1, 0.15) is 24.0 Å². The molecule has 0 saturated carbocycles. The summed E-state index contributed by atoms with van der Waals surface area (Å²) in [5.41, 5.74) is 2.39. The van der Waals surface area contributed by atoms with Gasteiger partial charge < -0.3 is 19.1 Å². The standard InChI is InChI=1S/C18H23NO3/c1-19(2)9-8-18-7-6-13(20)10-15(18)22-17-14(21-3)5-4-12(11-19)16(17)18/h4-7,13,15,20H,1,8-11H2,2-3H3/t13-,15-,18-,19?/m0/s1. The molecule has 0 radical (unpaired) electrons. The summed E-state index contributed by atoms with van der Waals surface area (Å²) in [5, 5.41) is 10.0. The molecular weight excluding hydrogens is 278 g/mol. The molecule has 2 aliphatic heterocycles. The lowest BCUT2D eigenvalue weighted by molar-refractivity contribution is -0.879. The highest BCUT2D eigenvalue weighted by Gasteiger charge is 2.53. The monoisotopic (exact) mass is 301 g/mol. The van der Waals surface area contributed by atoms with Gasteiger partial charge in [-0.3, -0.25) is 0 Å². The summed E-state index contributed by atoms with van der Waals surface area (Å²) in [6, 6.07) is 4.14. The summed E-state index contributed by atoms with van der Waals surface area (Å²) in [6.07, 6.45) is 5.27. The zero-order chi connectivity index (χ0) is 15.5. The van der Waals surface area contributed by atoms with Crippen LogP contribution in [0.4, 0.5) is 0 Å². The molecular formula is C18H23NO3. The van der Waals surface area contributed by atoms with Gasteiger partial charge in [0.25, 0.3) is 0 Å². The highest BCUT2D eigenvalue weighted by Crippen LogP contribution is 2.56. The predicted octanol–water partition coefficient (Wildman–Crippen LogP) is 2.16. The molecule has 3 aliphatic rings. The van der Waals surface area contributed by atoms with Crippen LogP contribution < -0.4 is 9.47 Å². The quantitative estimate of drug-likeness (QED) is 0.491. The van der Waals surface area contributed by atoms with Crippen molar-refractivity contribution >= 4 is 0 Å². The topological polar surface area (TPSA) is 38.7 Å². The first-order valence-electron chi connectivity index (χ1n) is 7.88. The Hall–Kier alpha value is -1.52. The third-order valence-electron chi connectivity index (χ3n) is 5.42. The molecule has 4 heteroatoms. The lowest BCUT2D eigenvalue weighted by atomic mass is 9.69. The third-order valence-corrected chi connectivity index (χ3v) is 5.42. The fourth-order valence-corrected chi connectivity index (χ4v) is 4.28. The van der Waals surface area contributed by atoms with Crippen molar-refractivity contribution in [2.45, 2.75) is 37.0 Å². The molecule has 4 atom stereocenters. The van der Waals surface area contributed by atoms with Crippen molar-refractivity contribution in [3.8, 4) is 11.5 Å². The normalized spacial score (nSPS) is 38.7. The highest BCUT2D eigenvalue weighted by atomic mass is 16.5. The largest absolute Gasteiger partial charge is 0.493 e. The molecule has 0 aromatic heterocycles. The van der Waals surface area contributed by atoms with Crippen LogP contribution in [-0.4, -0.2) is 42.5 Å². The van der Waals surface area contributed by atoms with Crippen LogP contribution in [0.2, 0.25) is 0 Å². The van der Waals surface area contributed by atoms with E-state index >= 15 is 0 Å². The van der Waals surface area contributed by atoms with Crippen LogP contribution in [0, 0.1) is 7.05 Å². The van der Waals surface area contributed by atoms with E-state index in [2.05, 4.69) is 26.2 Å². The average Bonchev–Trinajstić information content (AvgIpc) is 2.74. The summed E-state index contributed by atoms with van der Waals surface area (Å²) in [4.78, 5) is 0. The summed E-state index contributed by atoms with van der Waals surface area (Å²) in [7, 11) is 8.21. The van der Waals surface area contributed by atoms with Gasteiger partial charge in [-0.05, 0) is 12.1 Å². The molecule has 1 unspecified atom stereocenters. The smallest absolute Gasteiger partial charge is 0.166 e. The van der Waals surface area contributed by atoms with Gasteiger partial charge in [0, 0.05) is 31.0 Å². The molecule has 0 amide bonds. The Balaban J connectivity index is 1.96. The molecule has 0 fully saturated rings. The molecule has 0 bridgehead atoms. The van der Waals surface area contributed by atoms with Gasteiger partial charge in [0.1, 0.15) is 6.10 Å². The van der Waals surface area contributed by atoms with Crippen LogP contribution in [0.3, 0.4) is 0 Å². The zero-order valence-electron chi connectivity index (χ0n) is 13.2. The van der Waals surface area contributed by atoms with E-state index in [1.54, 1.807) is 7.11 Å². The van der Waals surface area contributed by atoms with Crippen molar-refractivity contribution in [3.05, 3.63) is 42.5 Å². The Morgan fingerprint density at radius 3 is 3.05 bits per heavy atom. The Kier molecular flexibility index (Phi) is 2.88. The first-order valence-corrected chi connectivity index (χ1v) is 7.88. The lowest BCUT2D eigenvalue weighted by Crippen LogP contribution is -2.44. The molecule has 1 N–H and O–H groups in total. The van der Waals surface area contributed by atoms with Crippen LogP contribution in [0.25, 0.3) is 0 Å². The van der Waals surface area contributed by atoms with Crippen molar-refractivity contribution in [1.29, 1.82) is 0 Å². The first-order chi connectivity index (χ1) is 10.5. The maximum Gasteiger partial charge on any atom is 0.166 e. The van der Waals surface area contributed by atoms with Gasteiger partial charge >= 0.3 is 0 Å².